The van der Waals surface area contributed by atoms with Crippen LogP contribution in [0, 0.1) is 6.92 Å². The molecule has 0 amide bonds. The van der Waals surface area contributed by atoms with Gasteiger partial charge in [0.25, 0.3) is 0 Å². The molecule has 0 spiro atoms. The standard InChI is InChI=1S/C12H9F3N2O2S2/c1-7-16-17-11(20-7)21(19)6-10(18)8-2-4-9(5-3-8)12(13,14)15/h2-5H,6H2,1H3. The topological polar surface area (TPSA) is 59.9 Å². The molecule has 0 aliphatic rings. The van der Waals surface area contributed by atoms with Crippen molar-refractivity contribution in [1.29, 1.82) is 0 Å². The highest BCUT2D eigenvalue weighted by atomic mass is 32.2. The molecule has 0 saturated carbocycles. The van der Waals surface area contributed by atoms with Crippen LogP contribution in [0.3, 0.4) is 0 Å². The zero-order valence-electron chi connectivity index (χ0n) is 10.7. The Morgan fingerprint density at radius 2 is 1.86 bits per heavy atom. The molecule has 1 unspecified atom stereocenters. The zero-order chi connectivity index (χ0) is 15.6. The van der Waals surface area contributed by atoms with Crippen LogP contribution in [0.5, 0.6) is 0 Å². The van der Waals surface area contributed by atoms with Gasteiger partial charge in [0.2, 0.25) is 4.34 Å². The van der Waals surface area contributed by atoms with Crippen molar-refractivity contribution in [1.82, 2.24) is 10.2 Å². The van der Waals surface area contributed by atoms with Gasteiger partial charge in [-0.3, -0.25) is 9.00 Å². The van der Waals surface area contributed by atoms with Crippen LogP contribution in [0.1, 0.15) is 20.9 Å². The quantitative estimate of drug-likeness (QED) is 0.807. The summed E-state index contributed by atoms with van der Waals surface area (Å²) >= 11 is 1.12. The lowest BCUT2D eigenvalue weighted by Crippen LogP contribution is -2.12. The number of aromatic nitrogens is 2. The molecule has 0 fully saturated rings. The molecule has 9 heteroatoms. The predicted octanol–water partition coefficient (Wildman–Crippen LogP) is 2.86. The summed E-state index contributed by atoms with van der Waals surface area (Å²) < 4.78 is 49.3. The maximum atomic E-state index is 12.4. The molecular weight excluding hydrogens is 325 g/mol. The fourth-order valence-corrected chi connectivity index (χ4v) is 3.47. The molecule has 4 nitrogen and oxygen atoms in total. The summed E-state index contributed by atoms with van der Waals surface area (Å²) in [5.74, 6) is -0.838. The summed E-state index contributed by atoms with van der Waals surface area (Å²) in [6.07, 6.45) is -4.45. The third-order valence-corrected chi connectivity index (χ3v) is 4.94. The van der Waals surface area contributed by atoms with Crippen LogP contribution in [0.25, 0.3) is 0 Å². The van der Waals surface area contributed by atoms with E-state index in [1.807, 2.05) is 0 Å². The van der Waals surface area contributed by atoms with E-state index in [0.717, 1.165) is 35.6 Å². The van der Waals surface area contributed by atoms with Crippen LogP contribution in [-0.4, -0.2) is 25.9 Å². The van der Waals surface area contributed by atoms with Gasteiger partial charge in [-0.05, 0) is 19.1 Å². The Morgan fingerprint density at radius 3 is 2.33 bits per heavy atom. The van der Waals surface area contributed by atoms with Crippen LogP contribution >= 0.6 is 11.3 Å². The molecule has 2 aromatic rings. The third kappa shape index (κ3) is 3.94. The third-order valence-electron chi connectivity index (χ3n) is 2.50. The van der Waals surface area contributed by atoms with Gasteiger partial charge in [0.1, 0.15) is 5.01 Å². The van der Waals surface area contributed by atoms with Gasteiger partial charge in [0, 0.05) is 5.56 Å². The lowest BCUT2D eigenvalue weighted by Gasteiger charge is -2.06. The second-order valence-corrected chi connectivity index (χ2v) is 6.88. The Hall–Kier alpha value is -1.61. The number of nitrogens with zero attached hydrogens (tertiary/aromatic N) is 2. The number of hydrogen-bond donors (Lipinski definition) is 0. The van der Waals surface area contributed by atoms with Crippen LogP contribution in [0.15, 0.2) is 28.6 Å². The Morgan fingerprint density at radius 1 is 1.24 bits per heavy atom. The molecule has 0 N–H and O–H groups in total. The molecule has 1 atom stereocenters. The average Bonchev–Trinajstić information content (AvgIpc) is 2.84. The SMILES string of the molecule is Cc1nnc(S(=O)CC(=O)c2ccc(C(F)(F)F)cc2)s1. The summed E-state index contributed by atoms with van der Waals surface area (Å²) in [7, 11) is -1.64. The number of carbonyl (C=O) groups is 1. The molecule has 1 aromatic carbocycles. The highest BCUT2D eigenvalue weighted by Gasteiger charge is 2.30. The molecule has 0 radical (unpaired) electrons. The van der Waals surface area contributed by atoms with E-state index in [1.54, 1.807) is 6.92 Å². The summed E-state index contributed by atoms with van der Waals surface area (Å²) in [6.45, 7) is 1.69. The van der Waals surface area contributed by atoms with Crippen molar-refractivity contribution >= 4 is 27.9 Å². The number of ketones is 1. The van der Waals surface area contributed by atoms with Crippen molar-refractivity contribution < 1.29 is 22.2 Å². The van der Waals surface area contributed by atoms with E-state index in [4.69, 9.17) is 0 Å². The lowest BCUT2D eigenvalue weighted by atomic mass is 10.1. The molecule has 1 aromatic heterocycles. The first-order valence-corrected chi connectivity index (χ1v) is 7.80. The van der Waals surface area contributed by atoms with E-state index in [0.29, 0.717) is 5.01 Å². The van der Waals surface area contributed by atoms with Gasteiger partial charge in [-0.2, -0.15) is 13.2 Å². The maximum Gasteiger partial charge on any atom is 0.416 e. The van der Waals surface area contributed by atoms with E-state index in [9.17, 15) is 22.2 Å². The van der Waals surface area contributed by atoms with Crippen molar-refractivity contribution in [3.63, 3.8) is 0 Å². The average molecular weight is 334 g/mol. The van der Waals surface area contributed by atoms with Gasteiger partial charge in [0.05, 0.1) is 22.1 Å². The minimum atomic E-state index is -4.45. The molecule has 0 bridgehead atoms. The molecule has 21 heavy (non-hydrogen) atoms. The fraction of sp³-hybridized carbons (Fsp3) is 0.250. The van der Waals surface area contributed by atoms with Crippen LogP contribution in [0.2, 0.25) is 0 Å². The number of hydrogen-bond acceptors (Lipinski definition) is 5. The molecular formula is C12H9F3N2O2S2. The first-order chi connectivity index (χ1) is 9.77. The van der Waals surface area contributed by atoms with Gasteiger partial charge < -0.3 is 0 Å². The number of Topliss-reactive ketones (excluding diaryl/α,β-unsaturated/α-hetero) is 1. The van der Waals surface area contributed by atoms with Crippen molar-refractivity contribution in [2.75, 3.05) is 5.75 Å². The number of carbonyl (C=O) groups excluding carboxylic acids is 1. The molecule has 0 aliphatic heterocycles. The minimum Gasteiger partial charge on any atom is -0.293 e. The Bertz CT molecular complexity index is 681. The predicted molar refractivity (Wildman–Crippen MR) is 71.7 cm³/mol. The molecule has 0 saturated heterocycles. The van der Waals surface area contributed by atoms with Crippen LogP contribution < -0.4 is 0 Å². The fourth-order valence-electron chi connectivity index (χ4n) is 1.48. The van der Waals surface area contributed by atoms with Crippen LogP contribution in [0.4, 0.5) is 13.2 Å². The maximum absolute atomic E-state index is 12.4. The van der Waals surface area contributed by atoms with Crippen molar-refractivity contribution in [3.05, 3.63) is 40.4 Å². The number of halogens is 3. The lowest BCUT2D eigenvalue weighted by molar-refractivity contribution is -0.137. The van der Waals surface area contributed by atoms with Crippen molar-refractivity contribution in [3.8, 4) is 0 Å². The molecule has 2 rings (SSSR count). The Balaban J connectivity index is 2.08. The molecule has 112 valence electrons. The Labute approximate surface area is 124 Å². The van der Waals surface area contributed by atoms with E-state index < -0.39 is 28.3 Å². The van der Waals surface area contributed by atoms with Crippen LogP contribution in [-0.2, 0) is 17.0 Å². The zero-order valence-corrected chi connectivity index (χ0v) is 12.3. The van der Waals surface area contributed by atoms with E-state index in [1.165, 1.54) is 0 Å². The summed E-state index contributed by atoms with van der Waals surface area (Å²) in [4.78, 5) is 11.9. The largest absolute Gasteiger partial charge is 0.416 e. The minimum absolute atomic E-state index is 0.0811. The summed E-state index contributed by atoms with van der Waals surface area (Å²) in [5.41, 5.74) is -0.752. The van der Waals surface area contributed by atoms with E-state index in [-0.39, 0.29) is 15.7 Å². The van der Waals surface area contributed by atoms with Crippen molar-refractivity contribution in [2.24, 2.45) is 0 Å². The second kappa shape index (κ2) is 6.02. The van der Waals surface area contributed by atoms with Gasteiger partial charge in [-0.15, -0.1) is 10.2 Å². The van der Waals surface area contributed by atoms with E-state index in [2.05, 4.69) is 10.2 Å². The van der Waals surface area contributed by atoms with Gasteiger partial charge in [-0.25, -0.2) is 0 Å². The first-order valence-electron chi connectivity index (χ1n) is 5.66. The number of rotatable bonds is 4. The first kappa shape index (κ1) is 15.8. The number of alkyl halides is 3. The Kier molecular flexibility index (Phi) is 4.52. The summed E-state index contributed by atoms with van der Waals surface area (Å²) in [6, 6.07) is 3.80. The van der Waals surface area contributed by atoms with Gasteiger partial charge in [-0.1, -0.05) is 23.5 Å². The highest BCUT2D eigenvalue weighted by Crippen LogP contribution is 2.29. The number of benzene rings is 1. The van der Waals surface area contributed by atoms with Gasteiger partial charge >= 0.3 is 6.18 Å². The monoisotopic (exact) mass is 334 g/mol. The summed E-state index contributed by atoms with van der Waals surface area (Å²) in [5, 5.41) is 8.00. The normalized spacial score (nSPS) is 13.1. The second-order valence-electron chi connectivity index (χ2n) is 4.08. The highest BCUT2D eigenvalue weighted by molar-refractivity contribution is 7.87. The van der Waals surface area contributed by atoms with E-state index >= 15 is 0 Å². The molecule has 0 aliphatic carbocycles. The smallest absolute Gasteiger partial charge is 0.293 e. The van der Waals surface area contributed by atoms with Gasteiger partial charge in [0.15, 0.2) is 5.78 Å². The molecule has 1 heterocycles. The van der Waals surface area contributed by atoms with Crippen molar-refractivity contribution in [2.45, 2.75) is 17.4 Å². The number of aryl methyl sites for hydroxylation is 1.